The van der Waals surface area contributed by atoms with Gasteiger partial charge in [-0.25, -0.2) is 4.98 Å². The van der Waals surface area contributed by atoms with E-state index in [4.69, 9.17) is 0 Å². The average molecular weight is 388 g/mol. The van der Waals surface area contributed by atoms with Crippen LogP contribution in [-0.4, -0.2) is 32.4 Å². The predicted octanol–water partition coefficient (Wildman–Crippen LogP) is 3.91. The minimum absolute atomic E-state index is 0.0416. The van der Waals surface area contributed by atoms with E-state index in [1.165, 1.54) is 40.7 Å². The fourth-order valence-electron chi connectivity index (χ4n) is 4.79. The van der Waals surface area contributed by atoms with E-state index >= 15 is 0 Å². The number of aryl methyl sites for hydroxylation is 2. The molecule has 1 saturated carbocycles. The summed E-state index contributed by atoms with van der Waals surface area (Å²) in [6.45, 7) is 4.25. The van der Waals surface area contributed by atoms with Crippen molar-refractivity contribution in [3.63, 3.8) is 0 Å². The molecule has 2 aliphatic rings. The van der Waals surface area contributed by atoms with Crippen LogP contribution in [0.5, 0.6) is 0 Å². The second kappa shape index (κ2) is 7.74. The van der Waals surface area contributed by atoms with E-state index in [1.54, 1.807) is 17.7 Å². The van der Waals surface area contributed by atoms with E-state index < -0.39 is 0 Å². The molecule has 1 fully saturated rings. The molecule has 2 aromatic heterocycles. The summed E-state index contributed by atoms with van der Waals surface area (Å²) in [5, 5.41) is 0.763. The van der Waals surface area contributed by atoms with Crippen molar-refractivity contribution in [1.82, 2.24) is 14.5 Å². The zero-order valence-electron chi connectivity index (χ0n) is 16.4. The van der Waals surface area contributed by atoms with Gasteiger partial charge in [-0.1, -0.05) is 19.3 Å². The molecule has 0 atom stereocenters. The monoisotopic (exact) mass is 387 g/mol. The smallest absolute Gasteiger partial charge is 0.262 e. The topological polar surface area (TPSA) is 55.2 Å². The minimum atomic E-state index is -0.0416. The van der Waals surface area contributed by atoms with Gasteiger partial charge in [0.25, 0.3) is 5.56 Å². The molecule has 2 aromatic rings. The maximum absolute atomic E-state index is 13.1. The van der Waals surface area contributed by atoms with Gasteiger partial charge in [-0.05, 0) is 57.9 Å². The molecule has 5 nitrogen and oxygen atoms in total. The molecule has 0 saturated heterocycles. The highest BCUT2D eigenvalue weighted by Crippen LogP contribution is 2.33. The molecule has 0 bridgehead atoms. The first kappa shape index (κ1) is 18.7. The zero-order valence-corrected chi connectivity index (χ0v) is 17.2. The van der Waals surface area contributed by atoms with Gasteiger partial charge in [-0.3, -0.25) is 14.2 Å². The Kier molecular flexibility index (Phi) is 5.35. The first-order chi connectivity index (χ1) is 13.1. The summed E-state index contributed by atoms with van der Waals surface area (Å²) >= 11 is 1.66. The molecule has 0 unspecified atom stereocenters. The van der Waals surface area contributed by atoms with Gasteiger partial charge >= 0.3 is 0 Å². The molecular formula is C21H29N3O2S. The summed E-state index contributed by atoms with van der Waals surface area (Å²) in [7, 11) is 0. The molecule has 4 rings (SSSR count). The Morgan fingerprint density at radius 2 is 1.96 bits per heavy atom. The number of fused-ring (bicyclic) bond motifs is 3. The SMILES string of the molecule is CC(C)N(C(=O)Cn1cnc2sc3c(c2c1=O)CCCC3)C1CCCCC1. The normalized spacial score (nSPS) is 18.0. The Bertz CT molecular complexity index is 893. The van der Waals surface area contributed by atoms with Crippen molar-refractivity contribution in [3.05, 3.63) is 27.1 Å². The molecule has 0 N–H and O–H groups in total. The van der Waals surface area contributed by atoms with Crippen molar-refractivity contribution >= 4 is 27.5 Å². The summed E-state index contributed by atoms with van der Waals surface area (Å²) in [5.41, 5.74) is 1.15. The van der Waals surface area contributed by atoms with Gasteiger partial charge in [0.2, 0.25) is 5.91 Å². The third kappa shape index (κ3) is 3.56. The number of carbonyl (C=O) groups is 1. The Balaban J connectivity index is 1.63. The van der Waals surface area contributed by atoms with Crippen molar-refractivity contribution in [3.8, 4) is 0 Å². The summed E-state index contributed by atoms with van der Waals surface area (Å²) in [6.07, 6.45) is 11.7. The number of carbonyl (C=O) groups excluding carboxylic acids is 1. The first-order valence-corrected chi connectivity index (χ1v) is 11.2. The molecule has 146 valence electrons. The number of thiophene rings is 1. The molecule has 6 heteroatoms. The summed E-state index contributed by atoms with van der Waals surface area (Å²) < 4.78 is 1.53. The van der Waals surface area contributed by atoms with Gasteiger partial charge in [0.05, 0.1) is 11.7 Å². The van der Waals surface area contributed by atoms with Crippen LogP contribution >= 0.6 is 11.3 Å². The lowest BCUT2D eigenvalue weighted by molar-refractivity contribution is -0.137. The van der Waals surface area contributed by atoms with Crippen LogP contribution in [-0.2, 0) is 24.2 Å². The van der Waals surface area contributed by atoms with Crippen molar-refractivity contribution < 1.29 is 4.79 Å². The van der Waals surface area contributed by atoms with Crippen LogP contribution in [0, 0.1) is 0 Å². The maximum atomic E-state index is 13.1. The van der Waals surface area contributed by atoms with Crippen LogP contribution in [0.15, 0.2) is 11.1 Å². The van der Waals surface area contributed by atoms with Crippen molar-refractivity contribution in [2.45, 2.75) is 90.3 Å². The number of hydrogen-bond acceptors (Lipinski definition) is 4. The lowest BCUT2D eigenvalue weighted by Gasteiger charge is -2.37. The second-order valence-electron chi connectivity index (χ2n) is 8.26. The largest absolute Gasteiger partial charge is 0.336 e. The molecular weight excluding hydrogens is 358 g/mol. The lowest BCUT2D eigenvalue weighted by atomic mass is 9.93. The van der Waals surface area contributed by atoms with Crippen LogP contribution in [0.4, 0.5) is 0 Å². The highest BCUT2D eigenvalue weighted by molar-refractivity contribution is 7.18. The molecule has 0 spiro atoms. The van der Waals surface area contributed by atoms with Gasteiger partial charge in [-0.15, -0.1) is 11.3 Å². The van der Waals surface area contributed by atoms with Gasteiger partial charge in [0.15, 0.2) is 0 Å². The minimum Gasteiger partial charge on any atom is -0.336 e. The van der Waals surface area contributed by atoms with E-state index in [1.807, 2.05) is 4.90 Å². The van der Waals surface area contributed by atoms with E-state index in [0.29, 0.717) is 6.04 Å². The Hall–Kier alpha value is -1.69. The van der Waals surface area contributed by atoms with E-state index in [0.717, 1.165) is 42.3 Å². The van der Waals surface area contributed by atoms with Crippen LogP contribution in [0.2, 0.25) is 0 Å². The fraction of sp³-hybridized carbons (Fsp3) is 0.667. The molecule has 0 radical (unpaired) electrons. The van der Waals surface area contributed by atoms with E-state index in [9.17, 15) is 9.59 Å². The average Bonchev–Trinajstić information content (AvgIpc) is 3.04. The molecule has 0 aromatic carbocycles. The standard InChI is InChI=1S/C21H29N3O2S/c1-14(2)24(15-8-4-3-5-9-15)18(25)12-23-13-22-20-19(21(23)26)16-10-6-7-11-17(16)27-20/h13-15H,3-12H2,1-2H3. The Labute approximate surface area is 164 Å². The van der Waals surface area contributed by atoms with Gasteiger partial charge in [0, 0.05) is 17.0 Å². The third-order valence-corrected chi connectivity index (χ3v) is 7.26. The quantitative estimate of drug-likeness (QED) is 0.799. The van der Waals surface area contributed by atoms with Crippen LogP contribution < -0.4 is 5.56 Å². The number of hydrogen-bond donors (Lipinski definition) is 0. The van der Waals surface area contributed by atoms with Gasteiger partial charge in [0.1, 0.15) is 11.4 Å². The molecule has 27 heavy (non-hydrogen) atoms. The summed E-state index contributed by atoms with van der Waals surface area (Å²) in [4.78, 5) is 34.9. The fourth-order valence-corrected chi connectivity index (χ4v) is 6.01. The van der Waals surface area contributed by atoms with E-state index in [-0.39, 0.29) is 24.1 Å². The second-order valence-corrected chi connectivity index (χ2v) is 9.34. The molecule has 1 amide bonds. The molecule has 2 heterocycles. The van der Waals surface area contributed by atoms with Gasteiger partial charge < -0.3 is 4.90 Å². The van der Waals surface area contributed by atoms with Crippen LogP contribution in [0.1, 0.15) is 69.2 Å². The first-order valence-electron chi connectivity index (χ1n) is 10.4. The molecule has 2 aliphatic carbocycles. The summed E-state index contributed by atoms with van der Waals surface area (Å²) in [6, 6.07) is 0.467. The van der Waals surface area contributed by atoms with E-state index in [2.05, 4.69) is 18.8 Å². The van der Waals surface area contributed by atoms with Crippen molar-refractivity contribution in [2.75, 3.05) is 0 Å². The maximum Gasteiger partial charge on any atom is 0.262 e. The highest BCUT2D eigenvalue weighted by Gasteiger charge is 2.28. The van der Waals surface area contributed by atoms with Gasteiger partial charge in [-0.2, -0.15) is 0 Å². The lowest BCUT2D eigenvalue weighted by Crippen LogP contribution is -2.47. The number of amides is 1. The van der Waals surface area contributed by atoms with Crippen LogP contribution in [0.3, 0.4) is 0 Å². The Morgan fingerprint density at radius 1 is 1.22 bits per heavy atom. The molecule has 0 aliphatic heterocycles. The highest BCUT2D eigenvalue weighted by atomic mass is 32.1. The number of nitrogens with zero attached hydrogens (tertiary/aromatic N) is 3. The predicted molar refractivity (Wildman–Crippen MR) is 109 cm³/mol. The number of rotatable bonds is 4. The van der Waals surface area contributed by atoms with Crippen molar-refractivity contribution in [1.29, 1.82) is 0 Å². The summed E-state index contributed by atoms with van der Waals surface area (Å²) in [5.74, 6) is 0.0456. The third-order valence-electron chi connectivity index (χ3n) is 6.06. The number of aromatic nitrogens is 2. The van der Waals surface area contributed by atoms with Crippen LogP contribution in [0.25, 0.3) is 10.2 Å². The van der Waals surface area contributed by atoms with Crippen molar-refractivity contribution in [2.24, 2.45) is 0 Å². The zero-order chi connectivity index (χ0) is 19.0. The Morgan fingerprint density at radius 3 is 2.70 bits per heavy atom.